The highest BCUT2D eigenvalue weighted by molar-refractivity contribution is 5.83. The fourth-order valence-corrected chi connectivity index (χ4v) is 0.957. The Balaban J connectivity index is 3.55. The third-order valence-electron chi connectivity index (χ3n) is 1.50. The second-order valence-corrected chi connectivity index (χ2v) is 2.91. The second kappa shape index (κ2) is 6.42. The Morgan fingerprint density at radius 2 is 2.08 bits per heavy atom. The van der Waals surface area contributed by atoms with Gasteiger partial charge >= 0.3 is 0 Å². The molecular weight excluding hydrogens is 170 g/mol. The molecule has 0 aliphatic heterocycles. The smallest absolute Gasteiger partial charge is 0.236 e. The highest BCUT2D eigenvalue weighted by atomic mass is 16.2. The maximum Gasteiger partial charge on any atom is 0.236 e. The molecule has 0 aromatic rings. The number of carbonyl (C=O) groups excluding carboxylic acids is 2. The maximum absolute atomic E-state index is 11.1. The van der Waals surface area contributed by atoms with Crippen LogP contribution in [0.25, 0.3) is 0 Å². The molecule has 0 heterocycles. The van der Waals surface area contributed by atoms with E-state index in [0.717, 1.165) is 6.54 Å². The van der Waals surface area contributed by atoms with Crippen molar-refractivity contribution in [2.45, 2.75) is 26.3 Å². The summed E-state index contributed by atoms with van der Waals surface area (Å²) in [7, 11) is 0. The molecule has 0 rings (SSSR count). The Hall–Kier alpha value is -1.10. The summed E-state index contributed by atoms with van der Waals surface area (Å²) in [6.07, 6.45) is 0.362. The highest BCUT2D eigenvalue weighted by Gasteiger charge is 2.07. The standard InChI is InChI=1S/C8H17N3O2/c1-3-10-6(2)4-8(13)11-5-7(9)12/h6,10H,3-5H2,1-2H3,(H2,9,12)(H,11,13). The molecule has 0 radical (unpaired) electrons. The van der Waals surface area contributed by atoms with Gasteiger partial charge in [-0.2, -0.15) is 0 Å². The predicted molar refractivity (Wildman–Crippen MR) is 50.0 cm³/mol. The van der Waals surface area contributed by atoms with Gasteiger partial charge in [0.2, 0.25) is 11.8 Å². The molecule has 0 saturated carbocycles. The van der Waals surface area contributed by atoms with Crippen LogP contribution >= 0.6 is 0 Å². The van der Waals surface area contributed by atoms with Crippen molar-refractivity contribution in [1.29, 1.82) is 0 Å². The van der Waals surface area contributed by atoms with Gasteiger partial charge in [-0.3, -0.25) is 9.59 Å². The van der Waals surface area contributed by atoms with E-state index < -0.39 is 5.91 Å². The molecule has 0 bridgehead atoms. The van der Waals surface area contributed by atoms with Crippen molar-refractivity contribution in [3.63, 3.8) is 0 Å². The van der Waals surface area contributed by atoms with Crippen LogP contribution in [-0.4, -0.2) is 30.9 Å². The Bertz CT molecular complexity index is 182. The topological polar surface area (TPSA) is 84.2 Å². The number of primary amides is 1. The van der Waals surface area contributed by atoms with Crippen molar-refractivity contribution in [3.8, 4) is 0 Å². The monoisotopic (exact) mass is 187 g/mol. The summed E-state index contributed by atoms with van der Waals surface area (Å²) in [6.45, 7) is 4.62. The van der Waals surface area contributed by atoms with Gasteiger partial charge in [0, 0.05) is 12.5 Å². The van der Waals surface area contributed by atoms with E-state index in [0.29, 0.717) is 6.42 Å². The van der Waals surface area contributed by atoms with E-state index >= 15 is 0 Å². The van der Waals surface area contributed by atoms with E-state index in [9.17, 15) is 9.59 Å². The molecule has 5 nitrogen and oxygen atoms in total. The summed E-state index contributed by atoms with van der Waals surface area (Å²) in [5, 5.41) is 5.50. The van der Waals surface area contributed by atoms with Gasteiger partial charge in [-0.1, -0.05) is 6.92 Å². The van der Waals surface area contributed by atoms with Crippen molar-refractivity contribution >= 4 is 11.8 Å². The summed E-state index contributed by atoms with van der Waals surface area (Å²) in [6, 6.07) is 0.123. The minimum Gasteiger partial charge on any atom is -0.368 e. The molecule has 0 spiro atoms. The van der Waals surface area contributed by atoms with Crippen molar-refractivity contribution in [3.05, 3.63) is 0 Å². The molecule has 0 aliphatic rings. The van der Waals surface area contributed by atoms with E-state index in [1.54, 1.807) is 0 Å². The van der Waals surface area contributed by atoms with Gasteiger partial charge in [0.25, 0.3) is 0 Å². The van der Waals surface area contributed by atoms with Crippen LogP contribution in [0.5, 0.6) is 0 Å². The van der Waals surface area contributed by atoms with Crippen LogP contribution in [0.15, 0.2) is 0 Å². The summed E-state index contributed by atoms with van der Waals surface area (Å²) in [4.78, 5) is 21.4. The van der Waals surface area contributed by atoms with Crippen LogP contribution in [0.1, 0.15) is 20.3 Å². The fourth-order valence-electron chi connectivity index (χ4n) is 0.957. The van der Waals surface area contributed by atoms with Gasteiger partial charge in [-0.05, 0) is 13.5 Å². The lowest BCUT2D eigenvalue weighted by atomic mass is 10.2. The maximum atomic E-state index is 11.1. The molecule has 1 unspecified atom stereocenters. The van der Waals surface area contributed by atoms with Gasteiger partial charge in [0.1, 0.15) is 0 Å². The van der Waals surface area contributed by atoms with Crippen molar-refractivity contribution in [2.24, 2.45) is 5.73 Å². The first-order valence-electron chi connectivity index (χ1n) is 4.34. The van der Waals surface area contributed by atoms with Crippen LogP contribution in [-0.2, 0) is 9.59 Å². The molecule has 76 valence electrons. The molecule has 0 aromatic carbocycles. The van der Waals surface area contributed by atoms with Crippen LogP contribution in [0.2, 0.25) is 0 Å². The summed E-state index contributed by atoms with van der Waals surface area (Å²) in [5.41, 5.74) is 4.86. The summed E-state index contributed by atoms with van der Waals surface area (Å²) in [5.74, 6) is -0.684. The van der Waals surface area contributed by atoms with Crippen molar-refractivity contribution in [2.75, 3.05) is 13.1 Å². The van der Waals surface area contributed by atoms with Crippen molar-refractivity contribution in [1.82, 2.24) is 10.6 Å². The zero-order valence-electron chi connectivity index (χ0n) is 8.09. The molecule has 2 amide bonds. The van der Waals surface area contributed by atoms with E-state index in [2.05, 4.69) is 10.6 Å². The van der Waals surface area contributed by atoms with Crippen LogP contribution in [0, 0.1) is 0 Å². The molecule has 5 heteroatoms. The van der Waals surface area contributed by atoms with Crippen molar-refractivity contribution < 1.29 is 9.59 Å². The number of carbonyl (C=O) groups is 2. The average molecular weight is 187 g/mol. The van der Waals surface area contributed by atoms with Gasteiger partial charge < -0.3 is 16.4 Å². The third kappa shape index (κ3) is 7.27. The Morgan fingerprint density at radius 3 is 2.54 bits per heavy atom. The van der Waals surface area contributed by atoms with Crippen LogP contribution < -0.4 is 16.4 Å². The molecule has 0 fully saturated rings. The van der Waals surface area contributed by atoms with E-state index in [1.807, 2.05) is 13.8 Å². The highest BCUT2D eigenvalue weighted by Crippen LogP contribution is 1.88. The molecule has 13 heavy (non-hydrogen) atoms. The molecule has 0 aliphatic carbocycles. The van der Waals surface area contributed by atoms with Gasteiger partial charge in [-0.25, -0.2) is 0 Å². The first-order chi connectivity index (χ1) is 6.06. The zero-order chi connectivity index (χ0) is 10.3. The Morgan fingerprint density at radius 1 is 1.46 bits per heavy atom. The lowest BCUT2D eigenvalue weighted by molar-refractivity contribution is -0.125. The Kier molecular flexibility index (Phi) is 5.88. The first kappa shape index (κ1) is 11.9. The number of nitrogens with two attached hydrogens (primary N) is 1. The quantitative estimate of drug-likeness (QED) is 0.497. The minimum absolute atomic E-state index is 0.0856. The van der Waals surface area contributed by atoms with Gasteiger partial charge in [-0.15, -0.1) is 0 Å². The predicted octanol–water partition coefficient (Wildman–Crippen LogP) is -1.02. The fraction of sp³-hybridized carbons (Fsp3) is 0.750. The van der Waals surface area contributed by atoms with E-state index in [1.165, 1.54) is 0 Å². The van der Waals surface area contributed by atoms with Crippen LogP contribution in [0.3, 0.4) is 0 Å². The lowest BCUT2D eigenvalue weighted by Gasteiger charge is -2.11. The van der Waals surface area contributed by atoms with Gasteiger partial charge in [0.05, 0.1) is 6.54 Å². The minimum atomic E-state index is -0.524. The zero-order valence-corrected chi connectivity index (χ0v) is 8.09. The van der Waals surface area contributed by atoms with E-state index in [-0.39, 0.29) is 18.5 Å². The number of nitrogens with one attached hydrogen (secondary N) is 2. The number of rotatable bonds is 6. The summed E-state index contributed by atoms with van der Waals surface area (Å²) < 4.78 is 0. The molecule has 0 saturated heterocycles. The van der Waals surface area contributed by atoms with E-state index in [4.69, 9.17) is 5.73 Å². The first-order valence-corrected chi connectivity index (χ1v) is 4.34. The third-order valence-corrected chi connectivity index (χ3v) is 1.50. The SMILES string of the molecule is CCNC(C)CC(=O)NCC(N)=O. The number of hydrogen-bond acceptors (Lipinski definition) is 3. The molecule has 1 atom stereocenters. The second-order valence-electron chi connectivity index (χ2n) is 2.91. The average Bonchev–Trinajstić information content (AvgIpc) is 2.01. The Labute approximate surface area is 78.1 Å². The van der Waals surface area contributed by atoms with Crippen LogP contribution in [0.4, 0.5) is 0 Å². The van der Waals surface area contributed by atoms with Gasteiger partial charge in [0.15, 0.2) is 0 Å². The molecule has 4 N–H and O–H groups in total. The molecule has 0 aromatic heterocycles. The lowest BCUT2D eigenvalue weighted by Crippen LogP contribution is -2.37. The largest absolute Gasteiger partial charge is 0.368 e. The number of amides is 2. The normalized spacial score (nSPS) is 12.2. The number of hydrogen-bond donors (Lipinski definition) is 3. The molecular formula is C8H17N3O2. The summed E-state index contributed by atoms with van der Waals surface area (Å²) >= 11 is 0.